The molecule has 1 atom stereocenters. The molecule has 0 bridgehead atoms. The molecular formula is C17H14F2N2O6. The average molecular weight is 380 g/mol. The zero-order valence-electron chi connectivity index (χ0n) is 14.2. The zero-order chi connectivity index (χ0) is 20.1. The van der Waals surface area contributed by atoms with Crippen LogP contribution in [0.4, 0.5) is 20.2 Å². The summed E-state index contributed by atoms with van der Waals surface area (Å²) in [7, 11) is 1.12. The molecule has 0 saturated heterocycles. The van der Waals surface area contributed by atoms with Crippen LogP contribution in [-0.4, -0.2) is 30.0 Å². The van der Waals surface area contributed by atoms with E-state index < -0.39 is 45.9 Å². The van der Waals surface area contributed by atoms with Crippen molar-refractivity contribution in [3.05, 3.63) is 63.7 Å². The number of anilines is 1. The Hall–Kier alpha value is -3.56. The molecule has 8 nitrogen and oxygen atoms in total. The van der Waals surface area contributed by atoms with E-state index in [0.29, 0.717) is 0 Å². The molecule has 0 fully saturated rings. The Morgan fingerprint density at radius 2 is 1.81 bits per heavy atom. The van der Waals surface area contributed by atoms with Crippen LogP contribution < -0.4 is 10.1 Å². The van der Waals surface area contributed by atoms with Gasteiger partial charge in [-0.3, -0.25) is 14.9 Å². The molecule has 0 radical (unpaired) electrons. The quantitative estimate of drug-likeness (QED) is 0.469. The second kappa shape index (κ2) is 8.21. The van der Waals surface area contributed by atoms with Gasteiger partial charge in [-0.15, -0.1) is 0 Å². The highest BCUT2D eigenvalue weighted by molar-refractivity contribution is 5.94. The van der Waals surface area contributed by atoms with Gasteiger partial charge in [0.1, 0.15) is 17.3 Å². The number of hydrogen-bond donors (Lipinski definition) is 1. The maximum Gasteiger partial charge on any atom is 0.338 e. The summed E-state index contributed by atoms with van der Waals surface area (Å²) in [4.78, 5) is 34.0. The van der Waals surface area contributed by atoms with Crippen molar-refractivity contribution in [1.82, 2.24) is 0 Å². The van der Waals surface area contributed by atoms with E-state index in [-0.39, 0.29) is 11.3 Å². The van der Waals surface area contributed by atoms with E-state index in [1.54, 1.807) is 0 Å². The largest absolute Gasteiger partial charge is 0.474 e. The Morgan fingerprint density at radius 3 is 2.37 bits per heavy atom. The van der Waals surface area contributed by atoms with Crippen molar-refractivity contribution in [2.24, 2.45) is 0 Å². The van der Waals surface area contributed by atoms with E-state index >= 15 is 0 Å². The first-order valence-electron chi connectivity index (χ1n) is 7.53. The van der Waals surface area contributed by atoms with Crippen LogP contribution >= 0.6 is 0 Å². The lowest BCUT2D eigenvalue weighted by Crippen LogP contribution is -2.31. The summed E-state index contributed by atoms with van der Waals surface area (Å²) in [6.45, 7) is 1.24. The summed E-state index contributed by atoms with van der Waals surface area (Å²) < 4.78 is 36.9. The predicted octanol–water partition coefficient (Wildman–Crippen LogP) is 3.07. The Balaban J connectivity index is 2.21. The fourth-order valence-electron chi connectivity index (χ4n) is 2.09. The monoisotopic (exact) mass is 380 g/mol. The van der Waals surface area contributed by atoms with Gasteiger partial charge in [0.25, 0.3) is 5.91 Å². The molecule has 10 heteroatoms. The minimum Gasteiger partial charge on any atom is -0.474 e. The Bertz CT molecular complexity index is 883. The first kappa shape index (κ1) is 19.8. The van der Waals surface area contributed by atoms with E-state index in [0.717, 1.165) is 37.4 Å². The van der Waals surface area contributed by atoms with Gasteiger partial charge in [0, 0.05) is 6.07 Å². The van der Waals surface area contributed by atoms with Crippen LogP contribution in [0.25, 0.3) is 0 Å². The number of para-hydroxylation sites is 1. The Kier molecular flexibility index (Phi) is 6.01. The van der Waals surface area contributed by atoms with Gasteiger partial charge in [0.05, 0.1) is 17.6 Å². The van der Waals surface area contributed by atoms with Crippen molar-refractivity contribution in [1.29, 1.82) is 0 Å². The highest BCUT2D eigenvalue weighted by Gasteiger charge is 2.24. The van der Waals surface area contributed by atoms with E-state index in [1.165, 1.54) is 13.0 Å². The summed E-state index contributed by atoms with van der Waals surface area (Å²) in [5.74, 6) is -3.98. The number of nitro groups is 1. The van der Waals surface area contributed by atoms with Gasteiger partial charge in [-0.1, -0.05) is 6.07 Å². The molecule has 142 valence electrons. The van der Waals surface area contributed by atoms with E-state index in [9.17, 15) is 28.5 Å². The number of esters is 1. The standard InChI is InChI=1S/C17H14F2N2O6/c1-9(16(22)20-15-11(18)4-3-5-12(15)19)27-14-7-6-10(17(23)26-2)8-13(14)21(24)25/h3-9H,1-2H3,(H,20,22)/t9-/m0/s1. The average Bonchev–Trinajstić information content (AvgIpc) is 2.64. The van der Waals surface area contributed by atoms with Crippen LogP contribution in [0.3, 0.4) is 0 Å². The molecule has 0 aromatic heterocycles. The van der Waals surface area contributed by atoms with Crippen LogP contribution in [0, 0.1) is 21.7 Å². The fourth-order valence-corrected chi connectivity index (χ4v) is 2.09. The van der Waals surface area contributed by atoms with Crippen molar-refractivity contribution in [2.75, 3.05) is 12.4 Å². The lowest BCUT2D eigenvalue weighted by molar-refractivity contribution is -0.386. The fraction of sp³-hybridized carbons (Fsp3) is 0.176. The Morgan fingerprint density at radius 1 is 1.19 bits per heavy atom. The van der Waals surface area contributed by atoms with Crippen molar-refractivity contribution in [2.45, 2.75) is 13.0 Å². The van der Waals surface area contributed by atoms with E-state index in [4.69, 9.17) is 4.74 Å². The molecule has 1 N–H and O–H groups in total. The second-order valence-corrected chi connectivity index (χ2v) is 5.28. The number of nitrogens with one attached hydrogen (secondary N) is 1. The molecule has 0 saturated carbocycles. The summed E-state index contributed by atoms with van der Waals surface area (Å²) in [6.07, 6.45) is -1.33. The number of benzene rings is 2. The Labute approximate surface area is 151 Å². The molecule has 0 spiro atoms. The number of methoxy groups -OCH3 is 1. The summed E-state index contributed by atoms with van der Waals surface area (Å²) >= 11 is 0. The number of halogens is 2. The number of carbonyl (C=O) groups excluding carboxylic acids is 2. The van der Waals surface area contributed by atoms with Gasteiger partial charge in [0.2, 0.25) is 0 Å². The third kappa shape index (κ3) is 4.54. The van der Waals surface area contributed by atoms with Gasteiger partial charge < -0.3 is 14.8 Å². The van der Waals surface area contributed by atoms with Crippen molar-refractivity contribution in [3.63, 3.8) is 0 Å². The van der Waals surface area contributed by atoms with E-state index in [1.807, 2.05) is 5.32 Å². The lowest BCUT2D eigenvalue weighted by atomic mass is 10.2. The van der Waals surface area contributed by atoms with Crippen molar-refractivity contribution < 1.29 is 32.8 Å². The predicted molar refractivity (Wildman–Crippen MR) is 89.5 cm³/mol. The van der Waals surface area contributed by atoms with Crippen LogP contribution in [-0.2, 0) is 9.53 Å². The van der Waals surface area contributed by atoms with Gasteiger partial charge >= 0.3 is 11.7 Å². The maximum atomic E-state index is 13.6. The van der Waals surface area contributed by atoms with Crippen LogP contribution in [0.15, 0.2) is 36.4 Å². The third-order valence-electron chi connectivity index (χ3n) is 3.46. The SMILES string of the molecule is COC(=O)c1ccc(O[C@@H](C)C(=O)Nc2c(F)cccc2F)c([N+](=O)[O-])c1. The van der Waals surface area contributed by atoms with Gasteiger partial charge in [-0.05, 0) is 31.2 Å². The number of hydrogen-bond acceptors (Lipinski definition) is 6. The van der Waals surface area contributed by atoms with Crippen LogP contribution in [0.5, 0.6) is 5.75 Å². The molecule has 27 heavy (non-hydrogen) atoms. The molecule has 2 aromatic carbocycles. The minimum atomic E-state index is -1.33. The molecule has 0 unspecified atom stereocenters. The second-order valence-electron chi connectivity index (χ2n) is 5.28. The smallest absolute Gasteiger partial charge is 0.338 e. The molecule has 2 aromatic rings. The third-order valence-corrected chi connectivity index (χ3v) is 3.46. The van der Waals surface area contributed by atoms with Gasteiger partial charge in [-0.2, -0.15) is 0 Å². The first-order valence-corrected chi connectivity index (χ1v) is 7.53. The lowest BCUT2D eigenvalue weighted by Gasteiger charge is -2.15. The first-order chi connectivity index (χ1) is 12.7. The van der Waals surface area contributed by atoms with E-state index in [2.05, 4.69) is 4.74 Å². The summed E-state index contributed by atoms with van der Waals surface area (Å²) in [5.41, 5.74) is -1.31. The highest BCUT2D eigenvalue weighted by atomic mass is 19.1. The molecule has 0 aliphatic carbocycles. The molecule has 0 heterocycles. The zero-order valence-corrected chi connectivity index (χ0v) is 14.2. The number of carbonyl (C=O) groups is 2. The molecule has 0 aliphatic rings. The molecule has 1 amide bonds. The van der Waals surface area contributed by atoms with Crippen LogP contribution in [0.1, 0.15) is 17.3 Å². The number of amides is 1. The van der Waals surface area contributed by atoms with Gasteiger partial charge in [0.15, 0.2) is 11.9 Å². The van der Waals surface area contributed by atoms with Crippen molar-refractivity contribution >= 4 is 23.3 Å². The molecule has 2 rings (SSSR count). The topological polar surface area (TPSA) is 108 Å². The molecule has 0 aliphatic heterocycles. The highest BCUT2D eigenvalue weighted by Crippen LogP contribution is 2.29. The normalized spacial score (nSPS) is 11.4. The minimum absolute atomic E-state index is 0.0814. The summed E-state index contributed by atoms with van der Waals surface area (Å²) in [5, 5.41) is 13.2. The number of ether oxygens (including phenoxy) is 2. The molecular weight excluding hydrogens is 366 g/mol. The maximum absolute atomic E-state index is 13.6. The van der Waals surface area contributed by atoms with Crippen molar-refractivity contribution in [3.8, 4) is 5.75 Å². The summed E-state index contributed by atoms with van der Waals surface area (Å²) in [6, 6.07) is 6.32. The number of nitro benzene ring substituents is 1. The number of rotatable bonds is 6. The number of nitrogens with zero attached hydrogens (tertiary/aromatic N) is 1. The van der Waals surface area contributed by atoms with Crippen LogP contribution in [0.2, 0.25) is 0 Å². The van der Waals surface area contributed by atoms with Gasteiger partial charge in [-0.25, -0.2) is 13.6 Å².